The maximum Gasteiger partial charge on any atom is 0.111 e. The lowest BCUT2D eigenvalue weighted by molar-refractivity contribution is 0.274. The van der Waals surface area contributed by atoms with Gasteiger partial charge in [-0.2, -0.15) is 11.8 Å². The molecule has 0 N–H and O–H groups in total. The van der Waals surface area contributed by atoms with Gasteiger partial charge in [0.05, 0.1) is 17.6 Å². The number of thioether (sulfide) groups is 1. The van der Waals surface area contributed by atoms with E-state index in [0.717, 1.165) is 18.0 Å². The fraction of sp³-hybridized carbons (Fsp3) is 0.667. The van der Waals surface area contributed by atoms with E-state index < -0.39 is 0 Å². The molecule has 1 aliphatic rings. The van der Waals surface area contributed by atoms with Crippen molar-refractivity contribution >= 4 is 34.7 Å². The summed E-state index contributed by atoms with van der Waals surface area (Å²) in [4.78, 5) is 6.92. The highest BCUT2D eigenvalue weighted by Crippen LogP contribution is 2.30. The largest absolute Gasteiger partial charge is 0.296 e. The molecule has 78 valence electrons. The van der Waals surface area contributed by atoms with Crippen molar-refractivity contribution in [3.63, 3.8) is 0 Å². The molecule has 0 saturated carbocycles. The van der Waals surface area contributed by atoms with Gasteiger partial charge < -0.3 is 0 Å². The summed E-state index contributed by atoms with van der Waals surface area (Å²) in [6.45, 7) is 1.16. The lowest BCUT2D eigenvalue weighted by Gasteiger charge is -2.30. The van der Waals surface area contributed by atoms with E-state index in [1.54, 1.807) is 11.3 Å². The number of thiazole rings is 1. The summed E-state index contributed by atoms with van der Waals surface area (Å²) >= 11 is 9.49. The molecule has 0 radical (unpaired) electrons. The Hall–Kier alpha value is 0.230. The maximum atomic E-state index is 5.74. The van der Waals surface area contributed by atoms with Gasteiger partial charge in [-0.15, -0.1) is 22.9 Å². The van der Waals surface area contributed by atoms with E-state index in [9.17, 15) is 0 Å². The van der Waals surface area contributed by atoms with Crippen LogP contribution in [-0.4, -0.2) is 35.0 Å². The third-order valence-electron chi connectivity index (χ3n) is 2.39. The SMILES string of the molecule is CN1CCSCC1c1nc(CCl)cs1. The van der Waals surface area contributed by atoms with Crippen LogP contribution in [-0.2, 0) is 5.88 Å². The summed E-state index contributed by atoms with van der Waals surface area (Å²) < 4.78 is 0. The molecule has 1 atom stereocenters. The van der Waals surface area contributed by atoms with E-state index in [4.69, 9.17) is 11.6 Å². The van der Waals surface area contributed by atoms with Gasteiger partial charge in [0.25, 0.3) is 0 Å². The van der Waals surface area contributed by atoms with Crippen molar-refractivity contribution < 1.29 is 0 Å². The Morgan fingerprint density at radius 2 is 2.57 bits per heavy atom. The average molecular weight is 249 g/mol. The minimum atomic E-state index is 0.496. The van der Waals surface area contributed by atoms with Crippen LogP contribution in [0.5, 0.6) is 0 Å². The number of hydrogen-bond donors (Lipinski definition) is 0. The number of aromatic nitrogens is 1. The van der Waals surface area contributed by atoms with Crippen molar-refractivity contribution in [2.24, 2.45) is 0 Å². The minimum Gasteiger partial charge on any atom is -0.296 e. The first-order chi connectivity index (χ1) is 6.81. The van der Waals surface area contributed by atoms with Crippen molar-refractivity contribution in [3.05, 3.63) is 16.1 Å². The molecule has 1 aromatic rings. The zero-order chi connectivity index (χ0) is 9.97. The van der Waals surface area contributed by atoms with Crippen LogP contribution in [0.4, 0.5) is 0 Å². The molecule has 0 amide bonds. The first kappa shape index (κ1) is 10.7. The molecule has 1 saturated heterocycles. The molecule has 0 spiro atoms. The second-order valence-corrected chi connectivity index (χ2v) is 5.69. The first-order valence-corrected chi connectivity index (χ1v) is 7.16. The quantitative estimate of drug-likeness (QED) is 0.749. The highest BCUT2D eigenvalue weighted by Gasteiger charge is 2.23. The van der Waals surface area contributed by atoms with Crippen LogP contribution < -0.4 is 0 Å². The molecule has 0 aliphatic carbocycles. The predicted molar refractivity (Wildman–Crippen MR) is 64.4 cm³/mol. The Morgan fingerprint density at radius 1 is 1.71 bits per heavy atom. The minimum absolute atomic E-state index is 0.496. The van der Waals surface area contributed by atoms with Crippen LogP contribution in [0.2, 0.25) is 0 Å². The van der Waals surface area contributed by atoms with Gasteiger partial charge in [0.2, 0.25) is 0 Å². The summed E-state index contributed by atoms with van der Waals surface area (Å²) in [5, 5.41) is 3.28. The lowest BCUT2D eigenvalue weighted by atomic mass is 10.3. The summed E-state index contributed by atoms with van der Waals surface area (Å²) in [5.74, 6) is 2.92. The molecule has 1 fully saturated rings. The van der Waals surface area contributed by atoms with Crippen LogP contribution in [0.25, 0.3) is 0 Å². The third-order valence-corrected chi connectivity index (χ3v) is 4.68. The molecule has 2 nitrogen and oxygen atoms in total. The molecule has 1 aliphatic heterocycles. The monoisotopic (exact) mass is 248 g/mol. The molecule has 0 aromatic carbocycles. The van der Waals surface area contributed by atoms with Gasteiger partial charge in [-0.25, -0.2) is 4.98 Å². The van der Waals surface area contributed by atoms with E-state index in [1.165, 1.54) is 10.8 Å². The summed E-state index contributed by atoms with van der Waals surface area (Å²) in [6, 6.07) is 0.496. The molecule has 1 aromatic heterocycles. The number of hydrogen-bond acceptors (Lipinski definition) is 4. The lowest BCUT2D eigenvalue weighted by Crippen LogP contribution is -2.32. The third kappa shape index (κ3) is 2.24. The number of rotatable bonds is 2. The van der Waals surface area contributed by atoms with E-state index in [1.807, 2.05) is 11.8 Å². The highest BCUT2D eigenvalue weighted by molar-refractivity contribution is 7.99. The van der Waals surface area contributed by atoms with Crippen molar-refractivity contribution in [1.82, 2.24) is 9.88 Å². The Kier molecular flexibility index (Phi) is 3.71. The van der Waals surface area contributed by atoms with Crippen molar-refractivity contribution in [2.75, 3.05) is 25.1 Å². The molecule has 14 heavy (non-hydrogen) atoms. The van der Waals surface area contributed by atoms with Crippen LogP contribution in [0, 0.1) is 0 Å². The number of nitrogens with zero attached hydrogens (tertiary/aromatic N) is 2. The molecule has 5 heteroatoms. The van der Waals surface area contributed by atoms with Crippen LogP contribution in [0.3, 0.4) is 0 Å². The molecular formula is C9H13ClN2S2. The Balaban J connectivity index is 2.12. The molecule has 2 heterocycles. The van der Waals surface area contributed by atoms with Gasteiger partial charge in [0, 0.05) is 23.4 Å². The van der Waals surface area contributed by atoms with Crippen LogP contribution in [0.15, 0.2) is 5.38 Å². The zero-order valence-corrected chi connectivity index (χ0v) is 10.5. The summed E-state index contributed by atoms with van der Waals surface area (Å²) in [5.41, 5.74) is 1.01. The van der Waals surface area contributed by atoms with E-state index in [2.05, 4.69) is 22.3 Å². The molecule has 2 rings (SSSR count). The Bertz CT molecular complexity index is 303. The van der Waals surface area contributed by atoms with Crippen LogP contribution in [0.1, 0.15) is 16.7 Å². The van der Waals surface area contributed by atoms with Crippen molar-refractivity contribution in [1.29, 1.82) is 0 Å². The van der Waals surface area contributed by atoms with Gasteiger partial charge in [-0.05, 0) is 7.05 Å². The second-order valence-electron chi connectivity index (χ2n) is 3.38. The van der Waals surface area contributed by atoms with E-state index in [0.29, 0.717) is 11.9 Å². The summed E-state index contributed by atoms with van der Waals surface area (Å²) in [7, 11) is 2.17. The molecular weight excluding hydrogens is 236 g/mol. The fourth-order valence-corrected chi connectivity index (χ4v) is 4.02. The topological polar surface area (TPSA) is 16.1 Å². The van der Waals surface area contributed by atoms with Gasteiger partial charge >= 0.3 is 0 Å². The molecule has 0 bridgehead atoms. The van der Waals surface area contributed by atoms with Crippen molar-refractivity contribution in [2.45, 2.75) is 11.9 Å². The van der Waals surface area contributed by atoms with Gasteiger partial charge in [0.15, 0.2) is 0 Å². The maximum absolute atomic E-state index is 5.74. The molecule has 1 unspecified atom stereocenters. The smallest absolute Gasteiger partial charge is 0.111 e. The van der Waals surface area contributed by atoms with E-state index in [-0.39, 0.29) is 0 Å². The zero-order valence-electron chi connectivity index (χ0n) is 8.07. The highest BCUT2D eigenvalue weighted by atomic mass is 35.5. The van der Waals surface area contributed by atoms with Gasteiger partial charge in [-0.1, -0.05) is 0 Å². The van der Waals surface area contributed by atoms with Crippen molar-refractivity contribution in [3.8, 4) is 0 Å². The van der Waals surface area contributed by atoms with Gasteiger partial charge in [-0.3, -0.25) is 4.90 Å². The standard InChI is InChI=1S/C9H13ClN2S2/c1-12-2-3-13-6-8(12)9-11-7(4-10)5-14-9/h5,8H,2-4,6H2,1H3. The Morgan fingerprint density at radius 3 is 3.21 bits per heavy atom. The number of halogens is 1. The van der Waals surface area contributed by atoms with Crippen LogP contribution >= 0.6 is 34.7 Å². The van der Waals surface area contributed by atoms with E-state index >= 15 is 0 Å². The Labute approximate surface area is 97.7 Å². The summed E-state index contributed by atoms with van der Waals surface area (Å²) in [6.07, 6.45) is 0. The fourth-order valence-electron chi connectivity index (χ4n) is 1.48. The number of alkyl halides is 1. The van der Waals surface area contributed by atoms with Gasteiger partial charge in [0.1, 0.15) is 5.01 Å². The predicted octanol–water partition coefficient (Wildman–Crippen LogP) is 2.60. The second kappa shape index (κ2) is 4.84. The average Bonchev–Trinajstić information content (AvgIpc) is 2.67. The normalized spacial score (nSPS) is 24.0. The first-order valence-electron chi connectivity index (χ1n) is 4.59.